The molecule has 0 aromatic carbocycles. The van der Waals surface area contributed by atoms with Crippen molar-refractivity contribution < 1.29 is 0 Å². The second kappa shape index (κ2) is 5.69. The molecule has 6 heteroatoms. The van der Waals surface area contributed by atoms with Gasteiger partial charge >= 0.3 is 0 Å². The molecule has 0 aromatic heterocycles. The molecule has 0 spiro atoms. The van der Waals surface area contributed by atoms with Gasteiger partial charge in [0.15, 0.2) is 5.96 Å². The number of piperazine rings is 1. The Morgan fingerprint density at radius 2 is 1.88 bits per heavy atom. The Bertz CT molecular complexity index is 262. The van der Waals surface area contributed by atoms with Crippen LogP contribution in [0.3, 0.4) is 0 Å². The standard InChI is InChI=1S/C10H22N6/c1-3-8(2)15-4-6-16(7-5-15)10(13)14-9(11)12/h8H,3-7H2,1-2H3,(H5,11,12,13,14). The van der Waals surface area contributed by atoms with E-state index in [9.17, 15) is 0 Å². The summed E-state index contributed by atoms with van der Waals surface area (Å²) in [5.41, 5.74) is 10.5. The van der Waals surface area contributed by atoms with Gasteiger partial charge in [-0.25, -0.2) is 0 Å². The van der Waals surface area contributed by atoms with E-state index >= 15 is 0 Å². The first-order chi connectivity index (χ1) is 7.54. The normalized spacial score (nSPS) is 19.2. The zero-order valence-electron chi connectivity index (χ0n) is 10.1. The van der Waals surface area contributed by atoms with Gasteiger partial charge in [-0.1, -0.05) is 6.92 Å². The van der Waals surface area contributed by atoms with Gasteiger partial charge in [0, 0.05) is 32.2 Å². The topological polar surface area (TPSA) is 94.7 Å². The molecule has 1 unspecified atom stereocenters. The summed E-state index contributed by atoms with van der Waals surface area (Å²) >= 11 is 0. The molecule has 5 N–H and O–H groups in total. The molecule has 1 aliphatic rings. The number of hydrogen-bond donors (Lipinski definition) is 3. The van der Waals surface area contributed by atoms with Gasteiger partial charge in [0.05, 0.1) is 0 Å². The highest BCUT2D eigenvalue weighted by Crippen LogP contribution is 2.08. The predicted octanol–water partition coefficient (Wildman–Crippen LogP) is -0.389. The van der Waals surface area contributed by atoms with Crippen molar-refractivity contribution in [3.8, 4) is 0 Å². The van der Waals surface area contributed by atoms with E-state index in [4.69, 9.17) is 16.9 Å². The summed E-state index contributed by atoms with van der Waals surface area (Å²) in [6.45, 7) is 8.00. The second-order valence-corrected chi connectivity index (χ2v) is 4.14. The van der Waals surface area contributed by atoms with E-state index in [1.54, 1.807) is 0 Å². The third-order valence-electron chi connectivity index (χ3n) is 3.06. The van der Waals surface area contributed by atoms with Crippen LogP contribution in [0, 0.1) is 5.41 Å². The quantitative estimate of drug-likeness (QED) is 0.441. The van der Waals surface area contributed by atoms with Gasteiger partial charge in [-0.05, 0) is 13.3 Å². The second-order valence-electron chi connectivity index (χ2n) is 4.14. The summed E-state index contributed by atoms with van der Waals surface area (Å²) < 4.78 is 0. The highest BCUT2D eigenvalue weighted by Gasteiger charge is 2.21. The molecule has 1 atom stereocenters. The van der Waals surface area contributed by atoms with Crippen molar-refractivity contribution in [2.24, 2.45) is 16.5 Å². The maximum Gasteiger partial charge on any atom is 0.221 e. The molecule has 1 heterocycles. The molecular weight excluding hydrogens is 204 g/mol. The van der Waals surface area contributed by atoms with Crippen LogP contribution in [0.2, 0.25) is 0 Å². The molecule has 0 amide bonds. The number of guanidine groups is 2. The van der Waals surface area contributed by atoms with Crippen molar-refractivity contribution >= 4 is 11.9 Å². The highest BCUT2D eigenvalue weighted by molar-refractivity contribution is 5.91. The van der Waals surface area contributed by atoms with Gasteiger partial charge < -0.3 is 16.4 Å². The minimum Gasteiger partial charge on any atom is -0.370 e. The van der Waals surface area contributed by atoms with Crippen molar-refractivity contribution in [3.63, 3.8) is 0 Å². The lowest BCUT2D eigenvalue weighted by Crippen LogP contribution is -2.51. The van der Waals surface area contributed by atoms with Crippen molar-refractivity contribution in [2.75, 3.05) is 26.2 Å². The summed E-state index contributed by atoms with van der Waals surface area (Å²) in [5, 5.41) is 7.69. The molecule has 92 valence electrons. The predicted molar refractivity (Wildman–Crippen MR) is 66.4 cm³/mol. The Balaban J connectivity index is 2.43. The summed E-state index contributed by atoms with van der Waals surface area (Å²) in [5.74, 6) is 0.123. The molecule has 1 aliphatic heterocycles. The number of nitrogens with zero attached hydrogens (tertiary/aromatic N) is 3. The van der Waals surface area contributed by atoms with Gasteiger partial charge in [0.25, 0.3) is 0 Å². The number of nitrogens with two attached hydrogens (primary N) is 2. The van der Waals surface area contributed by atoms with Crippen LogP contribution in [-0.4, -0.2) is 53.9 Å². The zero-order valence-corrected chi connectivity index (χ0v) is 10.1. The maximum absolute atomic E-state index is 7.69. The van der Waals surface area contributed by atoms with Crippen LogP contribution >= 0.6 is 0 Å². The fourth-order valence-corrected chi connectivity index (χ4v) is 1.83. The monoisotopic (exact) mass is 226 g/mol. The SMILES string of the molecule is CCC(C)N1CCN(C(=N)N=C(N)N)CC1. The average molecular weight is 226 g/mol. The molecule has 0 aliphatic carbocycles. The molecule has 16 heavy (non-hydrogen) atoms. The lowest BCUT2D eigenvalue weighted by molar-refractivity contribution is 0.136. The van der Waals surface area contributed by atoms with E-state index in [1.165, 1.54) is 0 Å². The average Bonchev–Trinajstić information content (AvgIpc) is 2.27. The molecular formula is C10H22N6. The maximum atomic E-state index is 7.69. The molecule has 0 radical (unpaired) electrons. The van der Waals surface area contributed by atoms with Crippen LogP contribution in [0.25, 0.3) is 0 Å². The van der Waals surface area contributed by atoms with Gasteiger partial charge in [-0.3, -0.25) is 10.3 Å². The summed E-state index contributed by atoms with van der Waals surface area (Å²) in [6.07, 6.45) is 1.16. The van der Waals surface area contributed by atoms with Crippen LogP contribution < -0.4 is 11.5 Å². The van der Waals surface area contributed by atoms with Crippen molar-refractivity contribution in [1.82, 2.24) is 9.80 Å². The van der Waals surface area contributed by atoms with Gasteiger partial charge in [-0.15, -0.1) is 0 Å². The lowest BCUT2D eigenvalue weighted by atomic mass is 10.2. The van der Waals surface area contributed by atoms with Crippen LogP contribution in [0.5, 0.6) is 0 Å². The molecule has 6 nitrogen and oxygen atoms in total. The molecule has 1 rings (SSSR count). The molecule has 0 saturated carbocycles. The van der Waals surface area contributed by atoms with Crippen LogP contribution in [-0.2, 0) is 0 Å². The summed E-state index contributed by atoms with van der Waals surface area (Å²) in [7, 11) is 0. The van der Waals surface area contributed by atoms with E-state index < -0.39 is 0 Å². The Kier molecular flexibility index (Phi) is 4.54. The minimum atomic E-state index is -0.0469. The number of rotatable bonds is 2. The minimum absolute atomic E-state index is 0.0469. The first kappa shape index (κ1) is 12.8. The van der Waals surface area contributed by atoms with Gasteiger partial charge in [0.1, 0.15) is 0 Å². The first-order valence-corrected chi connectivity index (χ1v) is 5.71. The third-order valence-corrected chi connectivity index (χ3v) is 3.06. The number of aliphatic imine (C=N–C) groups is 1. The van der Waals surface area contributed by atoms with E-state index in [0.29, 0.717) is 6.04 Å². The summed E-state index contributed by atoms with van der Waals surface area (Å²) in [4.78, 5) is 8.09. The van der Waals surface area contributed by atoms with Crippen molar-refractivity contribution in [1.29, 1.82) is 5.41 Å². The lowest BCUT2D eigenvalue weighted by Gasteiger charge is -2.37. The zero-order chi connectivity index (χ0) is 12.1. The fraction of sp³-hybridized carbons (Fsp3) is 0.800. The Morgan fingerprint density at radius 1 is 1.31 bits per heavy atom. The van der Waals surface area contributed by atoms with Gasteiger partial charge in [-0.2, -0.15) is 4.99 Å². The number of nitrogens with one attached hydrogen (secondary N) is 1. The first-order valence-electron chi connectivity index (χ1n) is 5.71. The van der Waals surface area contributed by atoms with Crippen molar-refractivity contribution in [3.05, 3.63) is 0 Å². The Hall–Kier alpha value is -1.30. The van der Waals surface area contributed by atoms with E-state index in [-0.39, 0.29) is 11.9 Å². The van der Waals surface area contributed by atoms with Crippen LogP contribution in [0.1, 0.15) is 20.3 Å². The highest BCUT2D eigenvalue weighted by atomic mass is 15.3. The summed E-state index contributed by atoms with van der Waals surface area (Å²) in [6, 6.07) is 0.611. The van der Waals surface area contributed by atoms with Crippen LogP contribution in [0.15, 0.2) is 4.99 Å². The van der Waals surface area contributed by atoms with E-state index in [0.717, 1.165) is 32.6 Å². The Labute approximate surface area is 96.8 Å². The molecule has 1 saturated heterocycles. The van der Waals surface area contributed by atoms with Crippen molar-refractivity contribution in [2.45, 2.75) is 26.3 Å². The number of hydrogen-bond acceptors (Lipinski definition) is 2. The van der Waals surface area contributed by atoms with E-state index in [2.05, 4.69) is 23.7 Å². The van der Waals surface area contributed by atoms with Gasteiger partial charge in [0.2, 0.25) is 5.96 Å². The molecule has 0 bridgehead atoms. The molecule has 0 aromatic rings. The smallest absolute Gasteiger partial charge is 0.221 e. The van der Waals surface area contributed by atoms with E-state index in [1.807, 2.05) is 4.90 Å². The Morgan fingerprint density at radius 3 is 2.31 bits per heavy atom. The third kappa shape index (κ3) is 3.37. The molecule has 1 fully saturated rings. The fourth-order valence-electron chi connectivity index (χ4n) is 1.83. The largest absolute Gasteiger partial charge is 0.370 e. The van der Waals surface area contributed by atoms with Crippen LogP contribution in [0.4, 0.5) is 0 Å².